The number of likely N-dealkylation sites (N-methyl/N-ethyl adjacent to an activating group) is 1. The summed E-state index contributed by atoms with van der Waals surface area (Å²) < 4.78 is 24.7. The van der Waals surface area contributed by atoms with Crippen LogP contribution in [0.15, 0.2) is 23.6 Å². The predicted octanol–water partition coefficient (Wildman–Crippen LogP) is 6.59. The number of nitrogens with one attached hydrogen (secondary N) is 3. The second-order valence-electron chi connectivity index (χ2n) is 20.2. The van der Waals surface area contributed by atoms with Crippen LogP contribution in [0.25, 0.3) is 22.3 Å². The molecule has 2 saturated heterocycles. The van der Waals surface area contributed by atoms with Gasteiger partial charge in [0.2, 0.25) is 11.8 Å². The third kappa shape index (κ3) is 9.45. The Morgan fingerprint density at radius 3 is 2.52 bits per heavy atom. The number of aliphatic carboxylic acids is 1. The third-order valence-corrected chi connectivity index (χ3v) is 15.0. The van der Waals surface area contributed by atoms with Crippen molar-refractivity contribution in [2.75, 3.05) is 45.3 Å². The number of thiazole rings is 1. The molecule has 64 heavy (non-hydrogen) atoms. The van der Waals surface area contributed by atoms with Gasteiger partial charge in [-0.15, -0.1) is 11.3 Å². The van der Waals surface area contributed by atoms with E-state index in [0.717, 1.165) is 30.9 Å². The Hall–Kier alpha value is -4.45. The van der Waals surface area contributed by atoms with Gasteiger partial charge >= 0.3 is 12.1 Å². The van der Waals surface area contributed by atoms with Gasteiger partial charge in [-0.25, -0.2) is 19.6 Å². The van der Waals surface area contributed by atoms with E-state index in [4.69, 9.17) is 40.5 Å². The summed E-state index contributed by atoms with van der Waals surface area (Å²) in [6.45, 7) is 16.0. The number of rotatable bonds is 15. The number of hydrogen-bond donors (Lipinski definition) is 4. The summed E-state index contributed by atoms with van der Waals surface area (Å²) in [4.78, 5) is 68.7. The van der Waals surface area contributed by atoms with Gasteiger partial charge in [0.05, 0.1) is 37.0 Å². The first kappa shape index (κ1) is 46.1. The fourth-order valence-corrected chi connectivity index (χ4v) is 10.9. The molecular weight excluding hydrogens is 862 g/mol. The van der Waals surface area contributed by atoms with Crippen molar-refractivity contribution in [1.82, 2.24) is 30.4 Å². The largest absolute Gasteiger partial charge is 0.490 e. The normalized spacial score (nSPS) is 29.2. The van der Waals surface area contributed by atoms with E-state index in [0.29, 0.717) is 72.4 Å². The van der Waals surface area contributed by atoms with Crippen molar-refractivity contribution >= 4 is 62.8 Å². The highest BCUT2D eigenvalue weighted by molar-refractivity contribution is 7.14. The molecule has 3 aromatic rings. The van der Waals surface area contributed by atoms with Gasteiger partial charge in [-0.3, -0.25) is 14.5 Å². The van der Waals surface area contributed by atoms with Gasteiger partial charge < -0.3 is 44.9 Å². The average molecular weight is 925 g/mol. The van der Waals surface area contributed by atoms with Crippen molar-refractivity contribution < 1.29 is 43.2 Å². The van der Waals surface area contributed by atoms with E-state index in [-0.39, 0.29) is 47.5 Å². The zero-order chi connectivity index (χ0) is 45.9. The number of hydrogen-bond acceptors (Lipinski definition) is 13. The summed E-state index contributed by atoms with van der Waals surface area (Å²) in [6, 6.07) is 3.38. The molecule has 8 rings (SSSR count). The van der Waals surface area contributed by atoms with Crippen LogP contribution in [-0.2, 0) is 23.9 Å². The molecule has 4 heterocycles. The average Bonchev–Trinajstić information content (AvgIpc) is 3.82. The molecule has 18 heteroatoms. The lowest BCUT2D eigenvalue weighted by Crippen LogP contribution is -2.59. The fourth-order valence-electron chi connectivity index (χ4n) is 9.75. The number of alkyl carbamates (subject to hydrolysis) is 1. The predicted molar refractivity (Wildman–Crippen MR) is 243 cm³/mol. The number of likely N-dealkylation sites (tertiary alicyclic amines) is 1. The molecule has 1 unspecified atom stereocenters. The quantitative estimate of drug-likeness (QED) is 0.128. The maximum atomic E-state index is 14.9. The van der Waals surface area contributed by atoms with Gasteiger partial charge in [0.25, 0.3) is 0 Å². The highest BCUT2D eigenvalue weighted by Gasteiger charge is 2.62. The number of carbonyl (C=O) groups excluding carboxylic acids is 3. The van der Waals surface area contributed by atoms with Crippen molar-refractivity contribution in [1.29, 1.82) is 0 Å². The van der Waals surface area contributed by atoms with Crippen molar-refractivity contribution in [2.45, 2.75) is 129 Å². The summed E-state index contributed by atoms with van der Waals surface area (Å²) in [7, 11) is 2.03. The number of halogens is 1. The molecule has 2 aliphatic heterocycles. The summed E-state index contributed by atoms with van der Waals surface area (Å²) in [6.07, 6.45) is 1.95. The van der Waals surface area contributed by atoms with Crippen molar-refractivity contribution in [3.8, 4) is 22.9 Å². The van der Waals surface area contributed by atoms with E-state index in [1.165, 1.54) is 16.2 Å². The van der Waals surface area contributed by atoms with E-state index >= 15 is 0 Å². The zero-order valence-electron chi connectivity index (χ0n) is 38.0. The van der Waals surface area contributed by atoms with Crippen LogP contribution in [-0.4, -0.2) is 131 Å². The highest BCUT2D eigenvalue weighted by Crippen LogP contribution is 2.63. The first-order chi connectivity index (χ1) is 30.3. The number of morpholine rings is 1. The SMILES string of the molecule is CC[C@@H]1C[C@]1(NC(=O)[C@@H]1C[C@@H](Oc2cc(-c3csc(NC(C)C)n3)nc3c(Cl)c(OC[C@@H]4COCCN4C)ccc23)CN1C(=O)[C@@H](NC(=O)O[C@@H]1C[C@@H]2CC2(C)C1)C(C)(C)C)C(=O)O. The molecule has 0 spiro atoms. The molecular formula is C46H62ClN7O9S. The number of nitrogens with zero attached hydrogens (tertiary/aromatic N) is 4. The lowest BCUT2D eigenvalue weighted by molar-refractivity contribution is -0.146. The van der Waals surface area contributed by atoms with Gasteiger partial charge in [-0.1, -0.05) is 52.6 Å². The molecule has 0 radical (unpaired) electrons. The number of pyridine rings is 1. The fraction of sp³-hybridized carbons (Fsp3) is 0.652. The Morgan fingerprint density at radius 2 is 1.86 bits per heavy atom. The number of carbonyl (C=O) groups is 4. The first-order valence-electron chi connectivity index (χ1n) is 22.5. The summed E-state index contributed by atoms with van der Waals surface area (Å²) in [5.74, 6) is -1.08. The Kier molecular flexibility index (Phi) is 12.8. The number of amides is 3. The molecule has 5 fully saturated rings. The maximum Gasteiger partial charge on any atom is 0.408 e. The Bertz CT molecular complexity index is 2290. The minimum atomic E-state index is -1.42. The maximum absolute atomic E-state index is 14.9. The molecule has 3 amide bonds. The molecule has 3 aliphatic carbocycles. The summed E-state index contributed by atoms with van der Waals surface area (Å²) >= 11 is 8.58. The Labute approximate surface area is 383 Å². The van der Waals surface area contributed by atoms with E-state index in [9.17, 15) is 24.3 Å². The van der Waals surface area contributed by atoms with Crippen LogP contribution in [0, 0.1) is 22.7 Å². The lowest BCUT2D eigenvalue weighted by atomic mass is 9.85. The number of benzene rings is 1. The van der Waals surface area contributed by atoms with Crippen molar-refractivity contribution in [2.24, 2.45) is 22.7 Å². The van der Waals surface area contributed by atoms with Gasteiger partial charge in [0.15, 0.2) is 5.13 Å². The third-order valence-electron chi connectivity index (χ3n) is 13.9. The number of carboxylic acids is 1. The molecule has 0 bridgehead atoms. The van der Waals surface area contributed by atoms with Crippen LogP contribution in [0.3, 0.4) is 0 Å². The van der Waals surface area contributed by atoms with Gasteiger partial charge in [0, 0.05) is 35.8 Å². The lowest BCUT2D eigenvalue weighted by Gasteiger charge is -2.35. The van der Waals surface area contributed by atoms with Gasteiger partial charge in [0.1, 0.15) is 58.7 Å². The van der Waals surface area contributed by atoms with Crippen LogP contribution < -0.4 is 25.4 Å². The van der Waals surface area contributed by atoms with Gasteiger partial charge in [-0.2, -0.15) is 0 Å². The minimum absolute atomic E-state index is 0.0373. The van der Waals surface area contributed by atoms with Crippen LogP contribution in [0.2, 0.25) is 5.02 Å². The van der Waals surface area contributed by atoms with Crippen molar-refractivity contribution in [3.63, 3.8) is 0 Å². The number of carboxylic acid groups (broad SMARTS) is 1. The molecule has 3 saturated carbocycles. The molecule has 348 valence electrons. The Balaban J connectivity index is 1.10. The monoisotopic (exact) mass is 923 g/mol. The molecule has 1 aromatic carbocycles. The smallest absolute Gasteiger partial charge is 0.408 e. The molecule has 4 N–H and O–H groups in total. The standard InChI is InChI=1S/C46H62ClN7O9S/c1-9-25-18-46(25,41(57)58)52-39(55)33-15-29(20-54(33)40(56)38(44(4,5)6)51-43(59)63-28-14-26-17-45(26,7)19-28)62-35-16-31(32-23-64-42(50-32)48-24(2)3)49-37-30(35)10-11-34(36(37)47)61-22-27-21-60-13-12-53(27)8/h10-11,16,23-29,33,38H,9,12-15,17-22H2,1-8H3,(H,48,50)(H,51,59)(H,52,55)(H,57,58)/t25-,26-,27+,28-,29-,33+,38-,45?,46-/m1/s1. The molecule has 2 aromatic heterocycles. The van der Waals surface area contributed by atoms with E-state index in [2.05, 4.69) is 27.8 Å². The first-order valence-corrected chi connectivity index (χ1v) is 23.8. The summed E-state index contributed by atoms with van der Waals surface area (Å²) in [5, 5.41) is 22.7. The van der Waals surface area contributed by atoms with Crippen LogP contribution in [0.5, 0.6) is 11.5 Å². The van der Waals surface area contributed by atoms with Crippen LogP contribution >= 0.6 is 22.9 Å². The minimum Gasteiger partial charge on any atom is -0.490 e. The van der Waals surface area contributed by atoms with Crippen molar-refractivity contribution in [3.05, 3.63) is 28.6 Å². The van der Waals surface area contributed by atoms with Gasteiger partial charge in [-0.05, 0) is 81.4 Å². The van der Waals surface area contributed by atoms with Crippen LogP contribution in [0.1, 0.15) is 87.0 Å². The van der Waals surface area contributed by atoms with E-state index in [1.54, 1.807) is 12.1 Å². The molecule has 16 nitrogen and oxygen atoms in total. The number of anilines is 1. The van der Waals surface area contributed by atoms with Crippen LogP contribution in [0.4, 0.5) is 9.93 Å². The molecule has 9 atom stereocenters. The molecule has 5 aliphatic rings. The zero-order valence-corrected chi connectivity index (χ0v) is 39.6. The van der Waals surface area contributed by atoms with E-state index < -0.39 is 53.0 Å². The number of fused-ring (bicyclic) bond motifs is 2. The van der Waals surface area contributed by atoms with E-state index in [1.807, 2.05) is 60.0 Å². The number of aromatic nitrogens is 2. The second kappa shape index (κ2) is 17.7. The second-order valence-corrected chi connectivity index (χ2v) is 21.4. The topological polar surface area (TPSA) is 194 Å². The Morgan fingerprint density at radius 1 is 1.08 bits per heavy atom. The number of ether oxygens (including phenoxy) is 4. The highest BCUT2D eigenvalue weighted by atomic mass is 35.5. The summed E-state index contributed by atoms with van der Waals surface area (Å²) in [5.41, 5.74) is -0.520.